The van der Waals surface area contributed by atoms with Crippen LogP contribution < -0.4 is 5.32 Å². The minimum Gasteiger partial charge on any atom is -0.310 e. The lowest BCUT2D eigenvalue weighted by Crippen LogP contribution is -2.16. The third kappa shape index (κ3) is 4.38. The Labute approximate surface area is 149 Å². The van der Waals surface area contributed by atoms with Gasteiger partial charge in [-0.3, -0.25) is 4.79 Å². The first-order valence-electron chi connectivity index (χ1n) is 7.58. The standard InChI is InChI=1S/C16H17N7OS/c1-10-5-16(20-8-17-10)25-7-15(24)21-13-6-14(19-9-18-13)23-12(3)4-11(2)22-23/h4-6,8-9H,7H2,1-3H3,(H,18,19,21,24). The number of anilines is 1. The number of nitrogens with zero attached hydrogens (tertiary/aromatic N) is 6. The summed E-state index contributed by atoms with van der Waals surface area (Å²) in [7, 11) is 0. The number of thioether (sulfide) groups is 1. The van der Waals surface area contributed by atoms with Gasteiger partial charge in [-0.2, -0.15) is 5.10 Å². The fourth-order valence-electron chi connectivity index (χ4n) is 2.22. The van der Waals surface area contributed by atoms with Gasteiger partial charge in [-0.1, -0.05) is 11.8 Å². The highest BCUT2D eigenvalue weighted by molar-refractivity contribution is 7.99. The van der Waals surface area contributed by atoms with E-state index in [1.807, 2.05) is 32.9 Å². The molecule has 9 heteroatoms. The molecule has 3 aromatic rings. The summed E-state index contributed by atoms with van der Waals surface area (Å²) in [5, 5.41) is 7.91. The summed E-state index contributed by atoms with van der Waals surface area (Å²) in [6, 6.07) is 5.49. The minimum absolute atomic E-state index is 0.167. The van der Waals surface area contributed by atoms with Crippen molar-refractivity contribution < 1.29 is 4.79 Å². The lowest BCUT2D eigenvalue weighted by atomic mass is 10.4. The van der Waals surface area contributed by atoms with Gasteiger partial charge in [-0.15, -0.1) is 0 Å². The first-order chi connectivity index (χ1) is 12.0. The Morgan fingerprint density at radius 3 is 2.56 bits per heavy atom. The second-order valence-corrected chi connectivity index (χ2v) is 6.43. The molecule has 1 amide bonds. The van der Waals surface area contributed by atoms with E-state index in [1.165, 1.54) is 24.4 Å². The van der Waals surface area contributed by atoms with E-state index in [9.17, 15) is 4.79 Å². The quantitative estimate of drug-likeness (QED) is 0.553. The van der Waals surface area contributed by atoms with Crippen LogP contribution in [0.15, 0.2) is 35.9 Å². The minimum atomic E-state index is -0.167. The van der Waals surface area contributed by atoms with E-state index in [0.29, 0.717) is 11.6 Å². The highest BCUT2D eigenvalue weighted by atomic mass is 32.2. The van der Waals surface area contributed by atoms with Crippen LogP contribution in [0.2, 0.25) is 0 Å². The molecule has 0 spiro atoms. The average Bonchev–Trinajstić information content (AvgIpc) is 2.92. The summed E-state index contributed by atoms with van der Waals surface area (Å²) < 4.78 is 1.71. The van der Waals surface area contributed by atoms with E-state index in [-0.39, 0.29) is 11.7 Å². The molecule has 0 saturated carbocycles. The van der Waals surface area contributed by atoms with E-state index < -0.39 is 0 Å². The van der Waals surface area contributed by atoms with Crippen LogP contribution in [0.4, 0.5) is 5.82 Å². The average molecular weight is 355 g/mol. The zero-order valence-corrected chi connectivity index (χ0v) is 14.9. The molecule has 25 heavy (non-hydrogen) atoms. The van der Waals surface area contributed by atoms with Gasteiger partial charge >= 0.3 is 0 Å². The normalized spacial score (nSPS) is 10.7. The van der Waals surface area contributed by atoms with Crippen molar-refractivity contribution in [3.8, 4) is 5.82 Å². The monoisotopic (exact) mass is 355 g/mol. The van der Waals surface area contributed by atoms with Crippen LogP contribution in [-0.4, -0.2) is 41.4 Å². The molecule has 0 aliphatic rings. The zero-order chi connectivity index (χ0) is 17.8. The Hall–Kier alpha value is -2.81. The van der Waals surface area contributed by atoms with Gasteiger partial charge in [0.1, 0.15) is 23.5 Å². The lowest BCUT2D eigenvalue weighted by molar-refractivity contribution is -0.113. The van der Waals surface area contributed by atoms with Crippen LogP contribution in [-0.2, 0) is 4.79 Å². The van der Waals surface area contributed by atoms with Crippen molar-refractivity contribution in [2.45, 2.75) is 25.8 Å². The summed E-state index contributed by atoms with van der Waals surface area (Å²) >= 11 is 1.34. The fraction of sp³-hybridized carbons (Fsp3) is 0.250. The number of amides is 1. The maximum Gasteiger partial charge on any atom is 0.235 e. The molecule has 0 fully saturated rings. The van der Waals surface area contributed by atoms with Crippen LogP contribution >= 0.6 is 11.8 Å². The zero-order valence-electron chi connectivity index (χ0n) is 14.1. The van der Waals surface area contributed by atoms with Gasteiger partial charge in [0.05, 0.1) is 11.4 Å². The molecule has 0 saturated heterocycles. The summed E-state index contributed by atoms with van der Waals surface area (Å²) in [4.78, 5) is 28.6. The number of carbonyl (C=O) groups excluding carboxylic acids is 1. The molecule has 3 rings (SSSR count). The number of hydrogen-bond donors (Lipinski definition) is 1. The van der Waals surface area contributed by atoms with E-state index >= 15 is 0 Å². The molecule has 0 aliphatic carbocycles. The van der Waals surface area contributed by atoms with Gasteiger partial charge < -0.3 is 5.32 Å². The molecular weight excluding hydrogens is 338 g/mol. The van der Waals surface area contributed by atoms with Crippen molar-refractivity contribution in [1.82, 2.24) is 29.7 Å². The number of nitrogens with one attached hydrogen (secondary N) is 1. The predicted molar refractivity (Wildman–Crippen MR) is 94.8 cm³/mol. The molecule has 0 aliphatic heterocycles. The SMILES string of the molecule is Cc1cc(SCC(=O)Nc2cc(-n3nc(C)cc3C)ncn2)ncn1. The summed E-state index contributed by atoms with van der Waals surface area (Å²) in [6.45, 7) is 5.74. The molecular formula is C16H17N7OS. The van der Waals surface area contributed by atoms with E-state index in [2.05, 4.69) is 30.4 Å². The molecule has 0 aromatic carbocycles. The molecule has 0 radical (unpaired) electrons. The second-order valence-electron chi connectivity index (χ2n) is 5.43. The number of aryl methyl sites for hydroxylation is 3. The van der Waals surface area contributed by atoms with E-state index in [4.69, 9.17) is 0 Å². The van der Waals surface area contributed by atoms with Crippen molar-refractivity contribution in [1.29, 1.82) is 0 Å². The van der Waals surface area contributed by atoms with Crippen molar-refractivity contribution in [3.05, 3.63) is 47.9 Å². The smallest absolute Gasteiger partial charge is 0.235 e. The Kier molecular flexibility index (Phi) is 5.03. The van der Waals surface area contributed by atoms with E-state index in [1.54, 1.807) is 10.7 Å². The Morgan fingerprint density at radius 1 is 1.04 bits per heavy atom. The Morgan fingerprint density at radius 2 is 1.84 bits per heavy atom. The fourth-order valence-corrected chi connectivity index (χ4v) is 2.95. The van der Waals surface area contributed by atoms with Crippen LogP contribution in [0, 0.1) is 20.8 Å². The first kappa shape index (κ1) is 17.0. The van der Waals surface area contributed by atoms with Gasteiger partial charge in [0.2, 0.25) is 5.91 Å². The van der Waals surface area contributed by atoms with Crippen molar-refractivity contribution in [2.24, 2.45) is 0 Å². The summed E-state index contributed by atoms with van der Waals surface area (Å²) in [6.07, 6.45) is 2.89. The van der Waals surface area contributed by atoms with Crippen molar-refractivity contribution in [2.75, 3.05) is 11.1 Å². The van der Waals surface area contributed by atoms with Crippen molar-refractivity contribution in [3.63, 3.8) is 0 Å². The molecule has 3 heterocycles. The molecule has 0 unspecified atom stereocenters. The topological polar surface area (TPSA) is 98.5 Å². The Bertz CT molecular complexity index is 909. The predicted octanol–water partition coefficient (Wildman–Crippen LogP) is 2.11. The Balaban J connectivity index is 1.65. The number of aromatic nitrogens is 6. The molecule has 128 valence electrons. The molecule has 0 bridgehead atoms. The number of rotatable bonds is 5. The number of carbonyl (C=O) groups is 1. The van der Waals surface area contributed by atoms with E-state index in [0.717, 1.165) is 22.1 Å². The van der Waals surface area contributed by atoms with Crippen molar-refractivity contribution >= 4 is 23.5 Å². The highest BCUT2D eigenvalue weighted by Crippen LogP contribution is 2.16. The lowest BCUT2D eigenvalue weighted by Gasteiger charge is -2.07. The maximum atomic E-state index is 12.1. The third-order valence-corrected chi connectivity index (χ3v) is 4.20. The van der Waals surface area contributed by atoms with Crippen LogP contribution in [0.5, 0.6) is 0 Å². The molecule has 3 aromatic heterocycles. The van der Waals surface area contributed by atoms with Gasteiger partial charge in [0, 0.05) is 17.5 Å². The van der Waals surface area contributed by atoms with Gasteiger partial charge in [-0.25, -0.2) is 24.6 Å². The van der Waals surface area contributed by atoms with Gasteiger partial charge in [-0.05, 0) is 32.9 Å². The second kappa shape index (κ2) is 7.39. The van der Waals surface area contributed by atoms with Crippen LogP contribution in [0.1, 0.15) is 17.1 Å². The molecule has 1 N–H and O–H groups in total. The summed E-state index contributed by atoms with van der Waals surface area (Å²) in [5.41, 5.74) is 2.73. The molecule has 0 atom stereocenters. The first-order valence-corrected chi connectivity index (χ1v) is 8.57. The maximum absolute atomic E-state index is 12.1. The highest BCUT2D eigenvalue weighted by Gasteiger charge is 2.09. The largest absolute Gasteiger partial charge is 0.310 e. The van der Waals surface area contributed by atoms with Gasteiger partial charge in [0.25, 0.3) is 0 Å². The molecule has 8 nitrogen and oxygen atoms in total. The number of hydrogen-bond acceptors (Lipinski definition) is 7. The van der Waals surface area contributed by atoms with Gasteiger partial charge in [0.15, 0.2) is 5.82 Å². The third-order valence-electron chi connectivity index (χ3n) is 3.28. The van der Waals surface area contributed by atoms with Crippen LogP contribution in [0.3, 0.4) is 0 Å². The van der Waals surface area contributed by atoms with Crippen LogP contribution in [0.25, 0.3) is 5.82 Å². The summed E-state index contributed by atoms with van der Waals surface area (Å²) in [5.74, 6) is 1.10.